The zero-order valence-corrected chi connectivity index (χ0v) is 17.5. The van der Waals surface area contributed by atoms with Crippen molar-refractivity contribution in [1.82, 2.24) is 10.6 Å². The SMILES string of the molecule is CN=C(NC1CCCSC1)NC1CC1c1ccc(Br)cc1.I. The molecule has 1 aliphatic carbocycles. The van der Waals surface area contributed by atoms with Crippen LogP contribution in [0.2, 0.25) is 0 Å². The van der Waals surface area contributed by atoms with E-state index in [9.17, 15) is 0 Å². The Morgan fingerprint density at radius 1 is 1.27 bits per heavy atom. The van der Waals surface area contributed by atoms with Gasteiger partial charge in [-0.1, -0.05) is 28.1 Å². The smallest absolute Gasteiger partial charge is 0.191 e. The Morgan fingerprint density at radius 2 is 2.05 bits per heavy atom. The van der Waals surface area contributed by atoms with Gasteiger partial charge >= 0.3 is 0 Å². The van der Waals surface area contributed by atoms with Crippen molar-refractivity contribution < 1.29 is 0 Å². The van der Waals surface area contributed by atoms with Gasteiger partial charge in [0.05, 0.1) is 0 Å². The maximum atomic E-state index is 4.38. The lowest BCUT2D eigenvalue weighted by molar-refractivity contribution is 0.581. The topological polar surface area (TPSA) is 36.4 Å². The Bertz CT molecular complexity index is 503. The molecule has 1 heterocycles. The van der Waals surface area contributed by atoms with Gasteiger partial charge in [-0.3, -0.25) is 4.99 Å². The molecular weight excluding hydrogens is 473 g/mol. The van der Waals surface area contributed by atoms with Crippen molar-refractivity contribution in [3.63, 3.8) is 0 Å². The second-order valence-electron chi connectivity index (χ2n) is 5.78. The molecular formula is C16H23BrIN3S. The third-order valence-corrected chi connectivity index (χ3v) is 5.88. The van der Waals surface area contributed by atoms with E-state index in [1.54, 1.807) is 0 Å². The third kappa shape index (κ3) is 5.03. The molecule has 1 saturated heterocycles. The molecule has 1 aromatic carbocycles. The number of thioether (sulfide) groups is 1. The fourth-order valence-electron chi connectivity index (χ4n) is 2.83. The Kier molecular flexibility index (Phi) is 7.34. The number of guanidine groups is 1. The van der Waals surface area contributed by atoms with Crippen molar-refractivity contribution in [3.05, 3.63) is 34.3 Å². The molecule has 2 aliphatic rings. The van der Waals surface area contributed by atoms with Crippen LogP contribution in [0.25, 0.3) is 0 Å². The summed E-state index contributed by atoms with van der Waals surface area (Å²) < 4.78 is 1.14. The third-order valence-electron chi connectivity index (χ3n) is 4.14. The molecule has 3 nitrogen and oxygen atoms in total. The van der Waals surface area contributed by atoms with Crippen LogP contribution >= 0.6 is 51.7 Å². The van der Waals surface area contributed by atoms with E-state index in [1.807, 2.05) is 18.8 Å². The van der Waals surface area contributed by atoms with Gasteiger partial charge in [-0.05, 0) is 42.7 Å². The van der Waals surface area contributed by atoms with Crippen LogP contribution in [0.3, 0.4) is 0 Å². The molecule has 2 N–H and O–H groups in total. The zero-order chi connectivity index (χ0) is 14.7. The van der Waals surface area contributed by atoms with Crippen LogP contribution < -0.4 is 10.6 Å². The Balaban J connectivity index is 0.00000176. The van der Waals surface area contributed by atoms with Crippen LogP contribution in [0.1, 0.15) is 30.7 Å². The van der Waals surface area contributed by atoms with Crippen molar-refractivity contribution in [2.75, 3.05) is 18.6 Å². The Hall–Kier alpha value is 0.0500. The number of aliphatic imine (C=N–C) groups is 1. The van der Waals surface area contributed by atoms with Crippen molar-refractivity contribution in [2.45, 2.75) is 37.3 Å². The van der Waals surface area contributed by atoms with E-state index >= 15 is 0 Å². The fourth-order valence-corrected chi connectivity index (χ4v) is 4.16. The van der Waals surface area contributed by atoms with E-state index in [-0.39, 0.29) is 24.0 Å². The average molecular weight is 496 g/mol. The molecule has 3 atom stereocenters. The predicted molar refractivity (Wildman–Crippen MR) is 111 cm³/mol. The van der Waals surface area contributed by atoms with E-state index in [1.165, 1.54) is 36.3 Å². The number of nitrogens with one attached hydrogen (secondary N) is 2. The Labute approximate surface area is 162 Å². The fraction of sp³-hybridized carbons (Fsp3) is 0.562. The average Bonchev–Trinajstić information content (AvgIpc) is 3.27. The van der Waals surface area contributed by atoms with Crippen molar-refractivity contribution in [1.29, 1.82) is 0 Å². The molecule has 122 valence electrons. The molecule has 3 unspecified atom stereocenters. The summed E-state index contributed by atoms with van der Waals surface area (Å²) >= 11 is 5.53. The maximum Gasteiger partial charge on any atom is 0.191 e. The molecule has 1 saturated carbocycles. The molecule has 22 heavy (non-hydrogen) atoms. The van der Waals surface area contributed by atoms with Gasteiger partial charge in [-0.2, -0.15) is 11.8 Å². The minimum Gasteiger partial charge on any atom is -0.353 e. The van der Waals surface area contributed by atoms with Gasteiger partial charge in [0.25, 0.3) is 0 Å². The summed E-state index contributed by atoms with van der Waals surface area (Å²) in [5.41, 5.74) is 1.42. The van der Waals surface area contributed by atoms with Crippen LogP contribution in [-0.4, -0.2) is 36.6 Å². The molecule has 1 aliphatic heterocycles. The number of halogens is 2. The van der Waals surface area contributed by atoms with E-state index in [0.29, 0.717) is 18.0 Å². The van der Waals surface area contributed by atoms with E-state index in [4.69, 9.17) is 0 Å². The highest BCUT2D eigenvalue weighted by atomic mass is 127. The summed E-state index contributed by atoms with van der Waals surface area (Å²) in [5.74, 6) is 4.09. The molecule has 3 rings (SSSR count). The molecule has 0 radical (unpaired) electrons. The highest BCUT2D eigenvalue weighted by Crippen LogP contribution is 2.41. The minimum absolute atomic E-state index is 0. The number of hydrogen-bond acceptors (Lipinski definition) is 2. The van der Waals surface area contributed by atoms with Crippen LogP contribution in [-0.2, 0) is 0 Å². The summed E-state index contributed by atoms with van der Waals surface area (Å²) in [7, 11) is 1.86. The Morgan fingerprint density at radius 3 is 2.68 bits per heavy atom. The van der Waals surface area contributed by atoms with E-state index < -0.39 is 0 Å². The normalized spacial score (nSPS) is 27.7. The van der Waals surface area contributed by atoms with Gasteiger partial charge < -0.3 is 10.6 Å². The first-order valence-electron chi connectivity index (χ1n) is 7.59. The molecule has 1 aromatic rings. The highest BCUT2D eigenvalue weighted by Gasteiger charge is 2.39. The first kappa shape index (κ1) is 18.4. The maximum absolute atomic E-state index is 4.38. The number of nitrogens with zero attached hydrogens (tertiary/aromatic N) is 1. The lowest BCUT2D eigenvalue weighted by Crippen LogP contribution is -2.46. The molecule has 0 bridgehead atoms. The minimum atomic E-state index is 0. The van der Waals surface area contributed by atoms with Crippen molar-refractivity contribution in [3.8, 4) is 0 Å². The number of hydrogen-bond donors (Lipinski definition) is 2. The van der Waals surface area contributed by atoms with Gasteiger partial charge in [0.1, 0.15) is 0 Å². The first-order valence-corrected chi connectivity index (χ1v) is 9.54. The number of benzene rings is 1. The lowest BCUT2D eigenvalue weighted by atomic mass is 10.1. The second kappa shape index (κ2) is 8.78. The van der Waals surface area contributed by atoms with E-state index in [2.05, 4.69) is 55.8 Å². The van der Waals surface area contributed by atoms with Gasteiger partial charge in [0.15, 0.2) is 5.96 Å². The summed E-state index contributed by atoms with van der Waals surface area (Å²) in [6, 6.07) is 9.76. The van der Waals surface area contributed by atoms with Crippen molar-refractivity contribution in [2.24, 2.45) is 4.99 Å². The molecule has 6 heteroatoms. The van der Waals surface area contributed by atoms with Gasteiger partial charge in [0, 0.05) is 35.3 Å². The largest absolute Gasteiger partial charge is 0.353 e. The second-order valence-corrected chi connectivity index (χ2v) is 7.84. The van der Waals surface area contributed by atoms with Crippen LogP contribution in [0.15, 0.2) is 33.7 Å². The highest BCUT2D eigenvalue weighted by molar-refractivity contribution is 14.0. The summed E-state index contributed by atoms with van der Waals surface area (Å²) in [6.07, 6.45) is 3.76. The van der Waals surface area contributed by atoms with Gasteiger partial charge in [-0.15, -0.1) is 24.0 Å². The molecule has 0 aromatic heterocycles. The molecule has 0 amide bonds. The monoisotopic (exact) mass is 495 g/mol. The molecule has 2 fully saturated rings. The van der Waals surface area contributed by atoms with Crippen molar-refractivity contribution >= 4 is 57.6 Å². The lowest BCUT2D eigenvalue weighted by Gasteiger charge is -2.24. The van der Waals surface area contributed by atoms with Gasteiger partial charge in [0.2, 0.25) is 0 Å². The van der Waals surface area contributed by atoms with Crippen LogP contribution in [0, 0.1) is 0 Å². The van der Waals surface area contributed by atoms with Crippen LogP contribution in [0.5, 0.6) is 0 Å². The summed E-state index contributed by atoms with van der Waals surface area (Å²) in [6.45, 7) is 0. The summed E-state index contributed by atoms with van der Waals surface area (Å²) in [4.78, 5) is 4.38. The standard InChI is InChI=1S/C16H22BrN3S.HI/c1-18-16(19-13-3-2-8-21-10-13)20-15-9-14(15)11-4-6-12(17)7-5-11;/h4-7,13-15H,2-3,8-10H2,1H3,(H2,18,19,20);1H. The quantitative estimate of drug-likeness (QED) is 0.378. The number of rotatable bonds is 3. The van der Waals surface area contributed by atoms with Gasteiger partial charge in [-0.25, -0.2) is 0 Å². The summed E-state index contributed by atoms with van der Waals surface area (Å²) in [5, 5.41) is 7.14. The zero-order valence-electron chi connectivity index (χ0n) is 12.7. The molecule has 0 spiro atoms. The van der Waals surface area contributed by atoms with Crippen LogP contribution in [0.4, 0.5) is 0 Å². The van der Waals surface area contributed by atoms with E-state index in [0.717, 1.165) is 10.4 Å². The first-order chi connectivity index (χ1) is 10.3. The predicted octanol–water partition coefficient (Wildman–Crippen LogP) is 3.98.